The van der Waals surface area contributed by atoms with Gasteiger partial charge in [-0.1, -0.05) is 36.2 Å². The molecule has 0 saturated heterocycles. The summed E-state index contributed by atoms with van der Waals surface area (Å²) in [6, 6.07) is 6.34. The number of carbonyl (C=O) groups is 1. The van der Waals surface area contributed by atoms with Crippen molar-refractivity contribution >= 4 is 11.6 Å². The van der Waals surface area contributed by atoms with Crippen LogP contribution in [0.2, 0.25) is 0 Å². The number of benzene rings is 1. The molecular weight excluding hydrogens is 307 g/mol. The Morgan fingerprint density at radius 2 is 2.21 bits per heavy atom. The van der Waals surface area contributed by atoms with Crippen molar-refractivity contribution in [1.82, 2.24) is 4.90 Å². The molecule has 4 nitrogen and oxygen atoms in total. The molecule has 2 aliphatic rings. The predicted octanol–water partition coefficient (Wildman–Crippen LogP) is 3.52. The van der Waals surface area contributed by atoms with E-state index in [-0.39, 0.29) is 23.7 Å². The summed E-state index contributed by atoms with van der Waals surface area (Å²) in [4.78, 5) is 20.0. The largest absolute Gasteiger partial charge is 0.390 e. The molecule has 3 rings (SSSR count). The number of amides is 1. The number of carbonyl (C=O) groups excluding carboxylic acids is 1. The first-order valence-corrected chi connectivity index (χ1v) is 8.55. The fraction of sp³-hybridized carbons (Fsp3) is 0.474. The van der Waals surface area contributed by atoms with E-state index in [0.717, 1.165) is 37.0 Å². The number of halogens is 1. The Morgan fingerprint density at radius 3 is 2.92 bits per heavy atom. The molecule has 1 heterocycles. The molecule has 1 saturated carbocycles. The highest BCUT2D eigenvalue weighted by atomic mass is 19.1. The third-order valence-corrected chi connectivity index (χ3v) is 4.68. The Bertz CT molecular complexity index is 638. The van der Waals surface area contributed by atoms with Gasteiger partial charge in [0.15, 0.2) is 6.10 Å². The summed E-state index contributed by atoms with van der Waals surface area (Å²) in [6.45, 7) is 4.76. The summed E-state index contributed by atoms with van der Waals surface area (Å²) in [5, 5.41) is 4.08. The maximum Gasteiger partial charge on any atom is 0.226 e. The predicted molar refractivity (Wildman–Crippen MR) is 91.2 cm³/mol. The molecule has 1 aliphatic carbocycles. The molecular formula is C19H23FN2O2. The number of hydrogen-bond acceptors (Lipinski definition) is 3. The monoisotopic (exact) mass is 330 g/mol. The lowest BCUT2D eigenvalue weighted by Gasteiger charge is -2.26. The van der Waals surface area contributed by atoms with Crippen molar-refractivity contribution in [3.8, 4) is 0 Å². The molecule has 1 atom stereocenters. The van der Waals surface area contributed by atoms with Crippen LogP contribution < -0.4 is 0 Å². The summed E-state index contributed by atoms with van der Waals surface area (Å²) < 4.78 is 13.3. The van der Waals surface area contributed by atoms with Crippen LogP contribution in [0.4, 0.5) is 4.39 Å². The van der Waals surface area contributed by atoms with E-state index in [0.29, 0.717) is 19.5 Å². The maximum absolute atomic E-state index is 13.3. The molecule has 1 unspecified atom stereocenters. The van der Waals surface area contributed by atoms with E-state index in [9.17, 15) is 9.18 Å². The van der Waals surface area contributed by atoms with Gasteiger partial charge in [-0.05, 0) is 25.0 Å². The molecule has 1 fully saturated rings. The van der Waals surface area contributed by atoms with Crippen LogP contribution in [-0.4, -0.2) is 35.7 Å². The highest BCUT2D eigenvalue weighted by Gasteiger charge is 2.31. The van der Waals surface area contributed by atoms with E-state index < -0.39 is 0 Å². The van der Waals surface area contributed by atoms with Crippen LogP contribution in [0, 0.1) is 11.7 Å². The van der Waals surface area contributed by atoms with E-state index in [1.54, 1.807) is 12.1 Å². The van der Waals surface area contributed by atoms with E-state index in [1.807, 2.05) is 11.0 Å². The van der Waals surface area contributed by atoms with Gasteiger partial charge < -0.3 is 9.74 Å². The average Bonchev–Trinajstić information content (AvgIpc) is 3.26. The summed E-state index contributed by atoms with van der Waals surface area (Å²) in [6.07, 6.45) is 6.35. The van der Waals surface area contributed by atoms with Crippen molar-refractivity contribution in [1.29, 1.82) is 0 Å². The Morgan fingerprint density at radius 1 is 1.42 bits per heavy atom. The minimum absolute atomic E-state index is 0.134. The van der Waals surface area contributed by atoms with Crippen LogP contribution in [0.5, 0.6) is 0 Å². The fourth-order valence-electron chi connectivity index (χ4n) is 3.45. The normalized spacial score (nSPS) is 20.5. The molecule has 1 amide bonds. The van der Waals surface area contributed by atoms with Gasteiger partial charge in [-0.3, -0.25) is 4.79 Å². The van der Waals surface area contributed by atoms with Gasteiger partial charge in [0.25, 0.3) is 0 Å². The van der Waals surface area contributed by atoms with Gasteiger partial charge in [0.1, 0.15) is 5.82 Å². The van der Waals surface area contributed by atoms with Crippen molar-refractivity contribution in [2.45, 2.75) is 38.2 Å². The number of oxime groups is 1. The zero-order chi connectivity index (χ0) is 16.9. The Hall–Kier alpha value is -2.17. The molecule has 1 aromatic carbocycles. The molecule has 128 valence electrons. The van der Waals surface area contributed by atoms with Crippen LogP contribution in [0.1, 0.15) is 37.7 Å². The molecule has 0 radical (unpaired) electrons. The second kappa shape index (κ2) is 7.60. The minimum atomic E-state index is -0.289. The van der Waals surface area contributed by atoms with Crippen molar-refractivity contribution in [3.63, 3.8) is 0 Å². The van der Waals surface area contributed by atoms with Crippen LogP contribution in [0.3, 0.4) is 0 Å². The van der Waals surface area contributed by atoms with E-state index >= 15 is 0 Å². The summed E-state index contributed by atoms with van der Waals surface area (Å²) in [5.74, 6) is 0.0357. The molecule has 0 aromatic heterocycles. The van der Waals surface area contributed by atoms with Gasteiger partial charge in [-0.25, -0.2) is 4.39 Å². The molecule has 0 bridgehead atoms. The lowest BCUT2D eigenvalue weighted by atomic mass is 10.0. The van der Waals surface area contributed by atoms with Crippen LogP contribution in [0.25, 0.3) is 0 Å². The molecule has 5 heteroatoms. The van der Waals surface area contributed by atoms with Crippen molar-refractivity contribution in [3.05, 3.63) is 48.3 Å². The number of nitrogens with zero attached hydrogens (tertiary/aromatic N) is 2. The van der Waals surface area contributed by atoms with Gasteiger partial charge in [0.05, 0.1) is 12.3 Å². The van der Waals surface area contributed by atoms with E-state index in [2.05, 4.69) is 11.7 Å². The van der Waals surface area contributed by atoms with Crippen molar-refractivity contribution in [2.24, 2.45) is 11.1 Å². The van der Waals surface area contributed by atoms with Crippen molar-refractivity contribution < 1.29 is 14.0 Å². The van der Waals surface area contributed by atoms with Crippen LogP contribution in [0.15, 0.2) is 42.1 Å². The Labute approximate surface area is 142 Å². The van der Waals surface area contributed by atoms with E-state index in [1.165, 1.54) is 12.1 Å². The third kappa shape index (κ3) is 3.83. The van der Waals surface area contributed by atoms with Gasteiger partial charge in [0.2, 0.25) is 5.91 Å². The number of hydrogen-bond donors (Lipinski definition) is 0. The summed E-state index contributed by atoms with van der Waals surface area (Å²) >= 11 is 0. The molecule has 0 N–H and O–H groups in total. The molecule has 1 aliphatic heterocycles. The standard InChI is InChI=1S/C19H23FN2O2/c1-2-10-22(19(23)14-6-3-4-7-14)13-17-12-18(21-24-17)15-8-5-9-16(20)11-15/h2,5,8-9,11,14,17H,1,3-4,6-7,10,12-13H2. The summed E-state index contributed by atoms with van der Waals surface area (Å²) in [5.41, 5.74) is 1.46. The van der Waals surface area contributed by atoms with Gasteiger partial charge in [0, 0.05) is 24.4 Å². The van der Waals surface area contributed by atoms with Crippen molar-refractivity contribution in [2.75, 3.05) is 13.1 Å². The zero-order valence-electron chi connectivity index (χ0n) is 13.8. The van der Waals surface area contributed by atoms with E-state index in [4.69, 9.17) is 4.84 Å². The topological polar surface area (TPSA) is 41.9 Å². The third-order valence-electron chi connectivity index (χ3n) is 4.68. The highest BCUT2D eigenvalue weighted by Crippen LogP contribution is 2.27. The van der Waals surface area contributed by atoms with Gasteiger partial charge in [-0.2, -0.15) is 0 Å². The maximum atomic E-state index is 13.3. The minimum Gasteiger partial charge on any atom is -0.390 e. The first kappa shape index (κ1) is 16.7. The molecule has 1 aromatic rings. The van der Waals surface area contributed by atoms with Crippen LogP contribution >= 0.6 is 0 Å². The quantitative estimate of drug-likeness (QED) is 0.749. The smallest absolute Gasteiger partial charge is 0.226 e. The second-order valence-electron chi connectivity index (χ2n) is 6.49. The fourth-order valence-corrected chi connectivity index (χ4v) is 3.45. The lowest BCUT2D eigenvalue weighted by Crippen LogP contribution is -2.40. The molecule has 24 heavy (non-hydrogen) atoms. The van der Waals surface area contributed by atoms with Gasteiger partial charge in [-0.15, -0.1) is 6.58 Å². The first-order chi connectivity index (χ1) is 11.7. The first-order valence-electron chi connectivity index (χ1n) is 8.55. The number of rotatable bonds is 6. The second-order valence-corrected chi connectivity index (χ2v) is 6.49. The lowest BCUT2D eigenvalue weighted by molar-refractivity contribution is -0.136. The SMILES string of the molecule is C=CCN(CC1CC(c2cccc(F)c2)=NO1)C(=O)C1CCCC1. The highest BCUT2D eigenvalue weighted by molar-refractivity contribution is 6.01. The average molecular weight is 330 g/mol. The Balaban J connectivity index is 1.60. The van der Waals surface area contributed by atoms with Gasteiger partial charge >= 0.3 is 0 Å². The Kier molecular flexibility index (Phi) is 5.28. The zero-order valence-corrected chi connectivity index (χ0v) is 13.8. The molecule has 0 spiro atoms. The summed E-state index contributed by atoms with van der Waals surface area (Å²) in [7, 11) is 0. The van der Waals surface area contributed by atoms with Crippen LogP contribution in [-0.2, 0) is 9.63 Å².